The van der Waals surface area contributed by atoms with Crippen molar-refractivity contribution < 1.29 is 14.2 Å². The van der Waals surface area contributed by atoms with Crippen molar-refractivity contribution in [3.05, 3.63) is 80.6 Å². The molecule has 0 bridgehead atoms. The second-order valence-electron chi connectivity index (χ2n) is 9.74. The minimum atomic E-state index is -0.286. The van der Waals surface area contributed by atoms with Gasteiger partial charge in [-0.2, -0.15) is 9.78 Å². The molecule has 4 aromatic rings. The maximum absolute atomic E-state index is 13.8. The summed E-state index contributed by atoms with van der Waals surface area (Å²) >= 11 is 6.40. The van der Waals surface area contributed by atoms with Crippen LogP contribution in [0.5, 0.6) is 17.2 Å². The summed E-state index contributed by atoms with van der Waals surface area (Å²) < 4.78 is 18.7. The Morgan fingerprint density at radius 3 is 2.44 bits per heavy atom. The highest BCUT2D eigenvalue weighted by atomic mass is 35.5. The van der Waals surface area contributed by atoms with E-state index in [0.29, 0.717) is 38.8 Å². The van der Waals surface area contributed by atoms with Crippen molar-refractivity contribution in [1.82, 2.24) is 9.66 Å². The molecule has 0 aliphatic rings. The van der Waals surface area contributed by atoms with Gasteiger partial charge in [-0.15, -0.1) is 0 Å². The minimum Gasteiger partial charge on any atom is -0.496 e. The van der Waals surface area contributed by atoms with Gasteiger partial charge in [0.05, 0.1) is 37.4 Å². The Balaban J connectivity index is 1.99. The summed E-state index contributed by atoms with van der Waals surface area (Å²) in [4.78, 5) is 18.7. The third kappa shape index (κ3) is 5.78. The van der Waals surface area contributed by atoms with E-state index < -0.39 is 0 Å². The highest BCUT2D eigenvalue weighted by Gasteiger charge is 2.19. The monoisotopic (exact) mass is 547 g/mol. The summed E-state index contributed by atoms with van der Waals surface area (Å²) in [5.74, 6) is 2.41. The number of ether oxygens (including phenoxy) is 3. The largest absolute Gasteiger partial charge is 0.496 e. The lowest BCUT2D eigenvalue weighted by Gasteiger charge is -2.18. The van der Waals surface area contributed by atoms with Gasteiger partial charge in [0.15, 0.2) is 17.3 Å². The average molecular weight is 548 g/mol. The Hall–Kier alpha value is -3.84. The van der Waals surface area contributed by atoms with Crippen LogP contribution in [-0.4, -0.2) is 36.2 Å². The summed E-state index contributed by atoms with van der Waals surface area (Å²) in [6.07, 6.45) is 2.30. The molecule has 3 aromatic carbocycles. The molecule has 0 fully saturated rings. The van der Waals surface area contributed by atoms with Crippen LogP contribution in [-0.2, 0) is 0 Å². The predicted octanol–water partition coefficient (Wildman–Crippen LogP) is 7.23. The normalized spacial score (nSPS) is 12.3. The maximum atomic E-state index is 13.8. The zero-order chi connectivity index (χ0) is 28.3. The van der Waals surface area contributed by atoms with Gasteiger partial charge in [-0.3, -0.25) is 4.79 Å². The van der Waals surface area contributed by atoms with E-state index in [1.165, 1.54) is 4.68 Å². The molecular weight excluding hydrogens is 514 g/mol. The number of halogens is 1. The lowest BCUT2D eigenvalue weighted by molar-refractivity contribution is 0.207. The zero-order valence-corrected chi connectivity index (χ0v) is 24.2. The van der Waals surface area contributed by atoms with Crippen LogP contribution >= 0.6 is 11.6 Å². The van der Waals surface area contributed by atoms with E-state index in [1.807, 2.05) is 51.1 Å². The van der Waals surface area contributed by atoms with E-state index in [2.05, 4.69) is 18.9 Å². The minimum absolute atomic E-state index is 0.0655. The first-order valence-corrected chi connectivity index (χ1v) is 13.3. The molecule has 0 saturated heterocycles. The number of rotatable bonds is 9. The van der Waals surface area contributed by atoms with Crippen molar-refractivity contribution in [2.45, 2.75) is 53.1 Å². The molecule has 0 aliphatic heterocycles. The lowest BCUT2D eigenvalue weighted by atomic mass is 9.96. The highest BCUT2D eigenvalue weighted by Crippen LogP contribution is 2.36. The zero-order valence-electron chi connectivity index (χ0n) is 23.4. The molecule has 1 atom stereocenters. The number of methoxy groups -OCH3 is 2. The van der Waals surface area contributed by atoms with E-state index >= 15 is 0 Å². The molecule has 0 aliphatic carbocycles. The summed E-state index contributed by atoms with van der Waals surface area (Å²) in [6.45, 7) is 10.2. The van der Waals surface area contributed by atoms with Gasteiger partial charge in [-0.1, -0.05) is 44.5 Å². The van der Waals surface area contributed by atoms with Gasteiger partial charge < -0.3 is 14.2 Å². The molecule has 1 heterocycles. The third-order valence-corrected chi connectivity index (χ3v) is 6.89. The molecule has 204 valence electrons. The number of aromatic nitrogens is 2. The number of fused-ring (bicyclic) bond motifs is 1. The Morgan fingerprint density at radius 1 is 1.05 bits per heavy atom. The molecule has 0 unspecified atom stereocenters. The number of hydrogen-bond donors (Lipinski definition) is 0. The summed E-state index contributed by atoms with van der Waals surface area (Å²) in [6, 6.07) is 14.7. The highest BCUT2D eigenvalue weighted by molar-refractivity contribution is 6.31. The van der Waals surface area contributed by atoms with Crippen LogP contribution < -0.4 is 19.8 Å². The van der Waals surface area contributed by atoms with Gasteiger partial charge in [0.25, 0.3) is 5.56 Å². The van der Waals surface area contributed by atoms with Crippen LogP contribution in [0.1, 0.15) is 56.7 Å². The summed E-state index contributed by atoms with van der Waals surface area (Å²) in [7, 11) is 3.22. The first kappa shape index (κ1) is 28.2. The van der Waals surface area contributed by atoms with E-state index in [4.69, 9.17) is 30.8 Å². The van der Waals surface area contributed by atoms with Crippen molar-refractivity contribution >= 4 is 28.7 Å². The Labute approximate surface area is 234 Å². The standard InChI is InChI=1S/C31H34ClN3O4/c1-8-20(5)39-29-21(14-22(32)15-28(29)38-7)17-33-35-30(34-26-12-10-9-11-23(26)31(35)36)25-16-24(18(2)3)27(37-6)13-19(25)4/h9-18,20H,8H2,1-7H3/t20-/m0/s1. The number of hydrogen-bond acceptors (Lipinski definition) is 6. The van der Waals surface area contributed by atoms with Crippen molar-refractivity contribution in [1.29, 1.82) is 0 Å². The summed E-state index contributed by atoms with van der Waals surface area (Å²) in [5.41, 5.74) is 3.61. The van der Waals surface area contributed by atoms with Gasteiger partial charge in [-0.25, -0.2) is 4.98 Å². The van der Waals surface area contributed by atoms with Crippen LogP contribution in [0.2, 0.25) is 5.02 Å². The topological polar surface area (TPSA) is 74.9 Å². The molecule has 0 radical (unpaired) electrons. The van der Waals surface area contributed by atoms with E-state index in [-0.39, 0.29) is 17.6 Å². The fourth-order valence-corrected chi connectivity index (χ4v) is 4.56. The van der Waals surface area contributed by atoms with Crippen molar-refractivity contribution in [3.63, 3.8) is 0 Å². The molecule has 8 heteroatoms. The predicted molar refractivity (Wildman–Crippen MR) is 158 cm³/mol. The van der Waals surface area contributed by atoms with Gasteiger partial charge in [0.1, 0.15) is 5.75 Å². The molecule has 0 amide bonds. The Morgan fingerprint density at radius 2 is 1.77 bits per heavy atom. The fourth-order valence-electron chi connectivity index (χ4n) is 4.34. The van der Waals surface area contributed by atoms with Crippen LogP contribution in [0.25, 0.3) is 22.3 Å². The van der Waals surface area contributed by atoms with Gasteiger partial charge in [-0.05, 0) is 67.6 Å². The third-order valence-electron chi connectivity index (χ3n) is 6.67. The van der Waals surface area contributed by atoms with Crippen molar-refractivity contribution in [3.8, 4) is 28.6 Å². The number of para-hydroxylation sites is 1. The Bertz CT molecular complexity index is 1590. The van der Waals surface area contributed by atoms with Crippen LogP contribution in [0, 0.1) is 6.92 Å². The Kier molecular flexibility index (Phi) is 8.60. The molecule has 0 N–H and O–H groups in total. The van der Waals surface area contributed by atoms with Crippen molar-refractivity contribution in [2.75, 3.05) is 14.2 Å². The second kappa shape index (κ2) is 11.9. The molecule has 0 spiro atoms. The number of aryl methyl sites for hydroxylation is 1. The van der Waals surface area contributed by atoms with Gasteiger partial charge in [0.2, 0.25) is 0 Å². The van der Waals surface area contributed by atoms with E-state index in [1.54, 1.807) is 38.6 Å². The molecule has 1 aromatic heterocycles. The van der Waals surface area contributed by atoms with E-state index in [0.717, 1.165) is 28.9 Å². The number of nitrogens with zero attached hydrogens (tertiary/aromatic N) is 3. The van der Waals surface area contributed by atoms with Crippen LogP contribution in [0.3, 0.4) is 0 Å². The second-order valence-corrected chi connectivity index (χ2v) is 10.2. The maximum Gasteiger partial charge on any atom is 0.282 e. The van der Waals surface area contributed by atoms with Gasteiger partial charge >= 0.3 is 0 Å². The molecular formula is C31H34ClN3O4. The average Bonchev–Trinajstić information content (AvgIpc) is 2.92. The first-order chi connectivity index (χ1) is 18.7. The molecule has 0 saturated carbocycles. The van der Waals surface area contributed by atoms with E-state index in [9.17, 15) is 4.79 Å². The quantitative estimate of drug-likeness (QED) is 0.207. The fraction of sp³-hybridized carbons (Fsp3) is 0.323. The molecule has 4 rings (SSSR count). The SMILES string of the molecule is CC[C@H](C)Oc1c(C=Nn2c(-c3cc(C(C)C)c(OC)cc3C)nc3ccccc3c2=O)cc(Cl)cc1OC. The first-order valence-electron chi connectivity index (χ1n) is 13.0. The number of benzene rings is 3. The molecule has 7 nitrogen and oxygen atoms in total. The van der Waals surface area contributed by atoms with Gasteiger partial charge in [0, 0.05) is 22.2 Å². The smallest absolute Gasteiger partial charge is 0.282 e. The van der Waals surface area contributed by atoms with Crippen molar-refractivity contribution in [2.24, 2.45) is 5.10 Å². The summed E-state index contributed by atoms with van der Waals surface area (Å²) in [5, 5.41) is 5.59. The van der Waals surface area contributed by atoms with Crippen LogP contribution in [0.15, 0.2) is 58.4 Å². The lowest BCUT2D eigenvalue weighted by Crippen LogP contribution is -2.21. The van der Waals surface area contributed by atoms with Crippen LogP contribution in [0.4, 0.5) is 0 Å². The molecule has 39 heavy (non-hydrogen) atoms.